The molecule has 0 aliphatic heterocycles. The minimum atomic E-state index is -4.71. The Morgan fingerprint density at radius 2 is 0.771 bits per heavy atom. The Morgan fingerprint density at radius 3 is 1.17 bits per heavy atom. The maximum Gasteiger partial charge on any atom is 0.306 e. The van der Waals surface area contributed by atoms with Gasteiger partial charge in [0.05, 0.1) is 33.8 Å². The van der Waals surface area contributed by atoms with E-state index in [1.54, 1.807) is 0 Å². The Hall–Kier alpha value is -3.07. The van der Waals surface area contributed by atoms with Crippen molar-refractivity contribution in [2.24, 2.45) is 0 Å². The summed E-state index contributed by atoms with van der Waals surface area (Å²) in [5.41, 5.74) is 0. The second-order valence-electron chi connectivity index (χ2n) is 24.3. The maximum absolute atomic E-state index is 13.6. The van der Waals surface area contributed by atoms with Crippen molar-refractivity contribution in [1.29, 1.82) is 0 Å². The van der Waals surface area contributed by atoms with E-state index in [0.717, 1.165) is 116 Å². The molecular formula is C73H131N2O7P. The zero-order valence-electron chi connectivity index (χ0n) is 54.9. The SMILES string of the molecule is CC/C=C\C/C=C\C/C=C\C/C=C\C/C=C\C/C=C\CCCCCCCCC(=O)OC(/C=C/CCCCCCCCCCC)C(COP(=O)([O-])OCC[N+](C)(C)C)NC(=O)CCCCCCCCCCCCC/C=C/CCCCCCCC. The molecule has 10 heteroatoms. The zero-order valence-corrected chi connectivity index (χ0v) is 55.8. The first kappa shape index (κ1) is 79.9. The number of hydrogen-bond donors (Lipinski definition) is 1. The van der Waals surface area contributed by atoms with Gasteiger partial charge in [-0.25, -0.2) is 0 Å². The van der Waals surface area contributed by atoms with Crippen LogP contribution in [0, 0.1) is 0 Å². The van der Waals surface area contributed by atoms with Crippen molar-refractivity contribution in [3.63, 3.8) is 0 Å². The molecule has 0 saturated carbocycles. The van der Waals surface area contributed by atoms with Gasteiger partial charge >= 0.3 is 5.97 Å². The average Bonchev–Trinajstić information content (AvgIpc) is 3.51. The first-order valence-electron chi connectivity index (χ1n) is 34.5. The summed E-state index contributed by atoms with van der Waals surface area (Å²) in [5.74, 6) is -0.557. The minimum absolute atomic E-state index is 0.0285. The summed E-state index contributed by atoms with van der Waals surface area (Å²) < 4.78 is 30.4. The molecule has 0 radical (unpaired) electrons. The molecule has 3 unspecified atom stereocenters. The fraction of sp³-hybridized carbons (Fsp3) is 0.753. The number of nitrogens with one attached hydrogen (secondary N) is 1. The molecule has 1 amide bonds. The second kappa shape index (κ2) is 62.0. The van der Waals surface area contributed by atoms with Gasteiger partial charge in [-0.1, -0.05) is 279 Å². The molecule has 0 bridgehead atoms. The van der Waals surface area contributed by atoms with E-state index in [4.69, 9.17) is 13.8 Å². The lowest BCUT2D eigenvalue weighted by Gasteiger charge is -2.30. The van der Waals surface area contributed by atoms with E-state index in [2.05, 4.69) is 111 Å². The number of likely N-dealkylation sites (N-methyl/N-ethyl adjacent to an activating group) is 1. The number of amides is 1. The molecular weight excluding hydrogens is 1050 g/mol. The normalized spacial score (nSPS) is 14.2. The standard InChI is InChI=1S/C73H131N2O7P/c1-7-10-13-16-19-22-25-27-29-31-33-35-36-37-38-40-42-44-46-48-51-54-57-60-63-66-73(77)82-71(64-61-58-55-52-49-24-21-18-15-12-9-3)70(69-81-83(78,79)80-68-67-75(4,5)6)74-72(76)65-62-59-56-53-50-47-45-43-41-39-34-32-30-28-26-23-20-17-14-11-8-2/h10,13,19,22,27-30,33,35,37-38,42,44,61,64,70-71H,7-9,11-12,14-18,20-21,23-26,31-32,34,36,39-41,43,45-60,62-63,65-69H2,1-6H3,(H-,74,76,78,79)/b13-10-,22-19-,29-27-,30-28+,35-33-,38-37-,44-42-,64-61+. The number of esters is 1. The van der Waals surface area contributed by atoms with Crippen molar-refractivity contribution in [2.45, 2.75) is 315 Å². The van der Waals surface area contributed by atoms with Gasteiger partial charge in [-0.3, -0.25) is 14.2 Å². The van der Waals surface area contributed by atoms with Crippen molar-refractivity contribution in [3.05, 3.63) is 97.2 Å². The fourth-order valence-electron chi connectivity index (χ4n) is 9.70. The van der Waals surface area contributed by atoms with Crippen LogP contribution in [0.25, 0.3) is 0 Å². The highest BCUT2D eigenvalue weighted by Crippen LogP contribution is 2.38. The molecule has 1 N–H and O–H groups in total. The lowest BCUT2D eigenvalue weighted by molar-refractivity contribution is -0.870. The van der Waals surface area contributed by atoms with Gasteiger partial charge in [0, 0.05) is 12.8 Å². The van der Waals surface area contributed by atoms with Gasteiger partial charge in [0.2, 0.25) is 5.91 Å². The highest BCUT2D eigenvalue weighted by molar-refractivity contribution is 7.45. The van der Waals surface area contributed by atoms with Gasteiger partial charge in [0.25, 0.3) is 7.82 Å². The van der Waals surface area contributed by atoms with Crippen LogP contribution in [-0.2, 0) is 27.9 Å². The third-order valence-corrected chi connectivity index (χ3v) is 16.0. The van der Waals surface area contributed by atoms with Crippen LogP contribution < -0.4 is 10.2 Å². The van der Waals surface area contributed by atoms with E-state index >= 15 is 0 Å². The molecule has 0 fully saturated rings. The number of carbonyl (C=O) groups is 2. The topological polar surface area (TPSA) is 114 Å². The van der Waals surface area contributed by atoms with Crippen LogP contribution in [0.3, 0.4) is 0 Å². The summed E-state index contributed by atoms with van der Waals surface area (Å²) in [7, 11) is 1.17. The predicted octanol–water partition coefficient (Wildman–Crippen LogP) is 21.3. The molecule has 0 saturated heterocycles. The Bertz CT molecular complexity index is 1740. The fourth-order valence-corrected chi connectivity index (χ4v) is 10.4. The number of carbonyl (C=O) groups excluding carboxylic acids is 2. The summed E-state index contributed by atoms with van der Waals surface area (Å²) in [6.07, 6.45) is 83.8. The van der Waals surface area contributed by atoms with E-state index in [1.807, 2.05) is 33.3 Å². The summed E-state index contributed by atoms with van der Waals surface area (Å²) in [6.45, 7) is 6.73. The number of rotatable bonds is 62. The van der Waals surface area contributed by atoms with E-state index < -0.39 is 26.6 Å². The smallest absolute Gasteiger partial charge is 0.306 e. The van der Waals surface area contributed by atoms with E-state index in [9.17, 15) is 19.0 Å². The molecule has 0 aromatic carbocycles. The molecule has 0 spiro atoms. The van der Waals surface area contributed by atoms with Crippen molar-refractivity contribution in [3.8, 4) is 0 Å². The molecule has 0 rings (SSSR count). The Kier molecular flexibility index (Phi) is 59.7. The minimum Gasteiger partial charge on any atom is -0.756 e. The molecule has 83 heavy (non-hydrogen) atoms. The van der Waals surface area contributed by atoms with Gasteiger partial charge in [0.15, 0.2) is 0 Å². The first-order valence-corrected chi connectivity index (χ1v) is 36.0. The van der Waals surface area contributed by atoms with Gasteiger partial charge in [0.1, 0.15) is 19.3 Å². The predicted molar refractivity (Wildman–Crippen MR) is 358 cm³/mol. The van der Waals surface area contributed by atoms with E-state index in [0.29, 0.717) is 23.9 Å². The lowest BCUT2D eigenvalue weighted by atomic mass is 10.0. The number of quaternary nitrogens is 1. The molecule has 3 atom stereocenters. The maximum atomic E-state index is 13.6. The van der Waals surface area contributed by atoms with Crippen molar-refractivity contribution in [1.82, 2.24) is 5.32 Å². The van der Waals surface area contributed by atoms with Gasteiger partial charge in [-0.15, -0.1) is 0 Å². The van der Waals surface area contributed by atoms with Gasteiger partial charge in [-0.2, -0.15) is 0 Å². The third kappa shape index (κ3) is 63.3. The Morgan fingerprint density at radius 1 is 0.434 bits per heavy atom. The number of nitrogens with zero attached hydrogens (tertiary/aromatic N) is 1. The molecule has 480 valence electrons. The third-order valence-electron chi connectivity index (χ3n) is 15.0. The molecule has 0 aromatic heterocycles. The number of phosphoric ester groups is 1. The van der Waals surface area contributed by atoms with Crippen LogP contribution in [0.15, 0.2) is 97.2 Å². The van der Waals surface area contributed by atoms with E-state index in [-0.39, 0.29) is 24.9 Å². The van der Waals surface area contributed by atoms with Crippen LogP contribution in [-0.4, -0.2) is 69.4 Å². The zero-order chi connectivity index (χ0) is 60.7. The van der Waals surface area contributed by atoms with Crippen molar-refractivity contribution in [2.75, 3.05) is 40.9 Å². The highest BCUT2D eigenvalue weighted by Gasteiger charge is 2.27. The largest absolute Gasteiger partial charge is 0.756 e. The van der Waals surface area contributed by atoms with Gasteiger partial charge < -0.3 is 28.5 Å². The molecule has 0 aliphatic carbocycles. The molecule has 0 aromatic rings. The summed E-state index contributed by atoms with van der Waals surface area (Å²) in [6, 6.07) is -0.900. The number of unbranched alkanes of at least 4 members (excludes halogenated alkanes) is 32. The van der Waals surface area contributed by atoms with Crippen LogP contribution >= 0.6 is 7.82 Å². The highest BCUT2D eigenvalue weighted by atomic mass is 31.2. The van der Waals surface area contributed by atoms with Crippen LogP contribution in [0.1, 0.15) is 303 Å². The van der Waals surface area contributed by atoms with E-state index in [1.165, 1.54) is 148 Å². The molecule has 9 nitrogen and oxygen atoms in total. The molecule has 0 heterocycles. The van der Waals surface area contributed by atoms with Crippen molar-refractivity contribution >= 4 is 19.7 Å². The Balaban J connectivity index is 5.11. The van der Waals surface area contributed by atoms with Crippen LogP contribution in [0.5, 0.6) is 0 Å². The molecule has 0 aliphatic rings. The van der Waals surface area contributed by atoms with Crippen LogP contribution in [0.2, 0.25) is 0 Å². The summed E-state index contributed by atoms with van der Waals surface area (Å²) in [5, 5.41) is 3.03. The Labute approximate surface area is 513 Å². The summed E-state index contributed by atoms with van der Waals surface area (Å²) in [4.78, 5) is 40.1. The average molecular weight is 1180 g/mol. The number of ether oxygens (including phenoxy) is 1. The monoisotopic (exact) mass is 1180 g/mol. The lowest BCUT2D eigenvalue weighted by Crippen LogP contribution is -2.47. The number of allylic oxidation sites excluding steroid dienone is 15. The van der Waals surface area contributed by atoms with Gasteiger partial charge in [-0.05, 0) is 109 Å². The quantitative estimate of drug-likeness (QED) is 0.0212. The number of hydrogen-bond acceptors (Lipinski definition) is 7. The second-order valence-corrected chi connectivity index (χ2v) is 25.7. The first-order chi connectivity index (χ1) is 40.4. The number of phosphoric acid groups is 1. The van der Waals surface area contributed by atoms with Crippen LogP contribution in [0.4, 0.5) is 0 Å². The van der Waals surface area contributed by atoms with Crippen molar-refractivity contribution < 1.29 is 37.3 Å². The summed E-state index contributed by atoms with van der Waals surface area (Å²) >= 11 is 0.